The van der Waals surface area contributed by atoms with Crippen LogP contribution in [-0.4, -0.2) is 52.6 Å². The standard InChI is InChI=1S/C16H21N5O2.ClH/c1-10(16(23)21-7-6-11(8-17)9-21)18-15(22)14-12-4-2-3-5-13(12)19-20-14;/h2-5,10-11H,6-9,17H2,1H3,(H,18,22)(H,19,20);1H. The summed E-state index contributed by atoms with van der Waals surface area (Å²) < 4.78 is 0. The van der Waals surface area contributed by atoms with Crippen molar-refractivity contribution in [2.24, 2.45) is 11.7 Å². The van der Waals surface area contributed by atoms with Crippen molar-refractivity contribution in [2.45, 2.75) is 19.4 Å². The highest BCUT2D eigenvalue weighted by Crippen LogP contribution is 2.17. The molecule has 8 heteroatoms. The zero-order chi connectivity index (χ0) is 16.4. The number of para-hydroxylation sites is 1. The molecule has 130 valence electrons. The predicted octanol–water partition coefficient (Wildman–Crippen LogP) is 0.910. The van der Waals surface area contributed by atoms with E-state index in [1.165, 1.54) is 0 Å². The number of rotatable bonds is 4. The molecule has 0 aliphatic carbocycles. The first-order chi connectivity index (χ1) is 11.1. The van der Waals surface area contributed by atoms with Gasteiger partial charge in [-0.25, -0.2) is 0 Å². The number of hydrogen-bond acceptors (Lipinski definition) is 4. The van der Waals surface area contributed by atoms with Gasteiger partial charge in [0.1, 0.15) is 6.04 Å². The number of likely N-dealkylation sites (tertiary alicyclic amines) is 1. The molecular formula is C16H22ClN5O2. The van der Waals surface area contributed by atoms with E-state index in [0.29, 0.717) is 31.2 Å². The fraction of sp³-hybridized carbons (Fsp3) is 0.438. The summed E-state index contributed by atoms with van der Waals surface area (Å²) in [5, 5.41) is 10.4. The zero-order valence-electron chi connectivity index (χ0n) is 13.5. The lowest BCUT2D eigenvalue weighted by molar-refractivity contribution is -0.131. The van der Waals surface area contributed by atoms with E-state index in [1.807, 2.05) is 24.3 Å². The van der Waals surface area contributed by atoms with Crippen LogP contribution in [0.2, 0.25) is 0 Å². The molecule has 0 bridgehead atoms. The van der Waals surface area contributed by atoms with Crippen LogP contribution in [0.25, 0.3) is 10.9 Å². The monoisotopic (exact) mass is 351 g/mol. The lowest BCUT2D eigenvalue weighted by Gasteiger charge is -2.21. The molecule has 1 aromatic heterocycles. The van der Waals surface area contributed by atoms with Gasteiger partial charge in [0.15, 0.2) is 5.69 Å². The van der Waals surface area contributed by atoms with Crippen LogP contribution in [0.5, 0.6) is 0 Å². The van der Waals surface area contributed by atoms with Gasteiger partial charge in [0, 0.05) is 18.5 Å². The molecule has 1 fully saturated rings. The van der Waals surface area contributed by atoms with Crippen molar-refractivity contribution in [1.82, 2.24) is 20.4 Å². The third-order valence-corrected chi connectivity index (χ3v) is 4.33. The molecule has 0 spiro atoms. The largest absolute Gasteiger partial charge is 0.341 e. The van der Waals surface area contributed by atoms with E-state index in [2.05, 4.69) is 15.5 Å². The van der Waals surface area contributed by atoms with Crippen LogP contribution in [0.15, 0.2) is 24.3 Å². The second-order valence-corrected chi connectivity index (χ2v) is 5.99. The number of amides is 2. The number of hydrogen-bond donors (Lipinski definition) is 3. The van der Waals surface area contributed by atoms with Crippen LogP contribution >= 0.6 is 12.4 Å². The Kier molecular flexibility index (Phi) is 5.80. The van der Waals surface area contributed by atoms with E-state index in [4.69, 9.17) is 5.73 Å². The van der Waals surface area contributed by atoms with E-state index in [0.717, 1.165) is 17.3 Å². The third kappa shape index (κ3) is 3.52. The maximum Gasteiger partial charge on any atom is 0.273 e. The van der Waals surface area contributed by atoms with Crippen molar-refractivity contribution in [3.8, 4) is 0 Å². The van der Waals surface area contributed by atoms with E-state index in [1.54, 1.807) is 11.8 Å². The summed E-state index contributed by atoms with van der Waals surface area (Å²) in [5.74, 6) is -0.0656. The molecule has 2 heterocycles. The molecule has 2 amide bonds. The molecule has 24 heavy (non-hydrogen) atoms. The minimum atomic E-state index is -0.588. The summed E-state index contributed by atoms with van der Waals surface area (Å²) in [5.41, 5.74) is 6.75. The molecule has 0 saturated carbocycles. The topological polar surface area (TPSA) is 104 Å². The highest BCUT2D eigenvalue weighted by atomic mass is 35.5. The Bertz CT molecular complexity index is 732. The number of carbonyl (C=O) groups excluding carboxylic acids is 2. The van der Waals surface area contributed by atoms with Crippen LogP contribution in [0.4, 0.5) is 0 Å². The summed E-state index contributed by atoms with van der Waals surface area (Å²) in [4.78, 5) is 26.6. The van der Waals surface area contributed by atoms with E-state index in [-0.39, 0.29) is 24.2 Å². The molecule has 1 aliphatic heterocycles. The number of H-pyrrole nitrogens is 1. The average Bonchev–Trinajstić information content (AvgIpc) is 3.20. The van der Waals surface area contributed by atoms with Gasteiger partial charge in [0.25, 0.3) is 5.91 Å². The lowest BCUT2D eigenvalue weighted by atomic mass is 10.1. The maximum atomic E-state index is 12.4. The second-order valence-electron chi connectivity index (χ2n) is 5.99. The van der Waals surface area contributed by atoms with Crippen molar-refractivity contribution in [1.29, 1.82) is 0 Å². The molecule has 0 radical (unpaired) electrons. The zero-order valence-corrected chi connectivity index (χ0v) is 14.3. The smallest absolute Gasteiger partial charge is 0.273 e. The Balaban J connectivity index is 0.00000208. The molecule has 3 rings (SSSR count). The molecule has 2 atom stereocenters. The van der Waals surface area contributed by atoms with Crippen molar-refractivity contribution in [2.75, 3.05) is 19.6 Å². The summed E-state index contributed by atoms with van der Waals surface area (Å²) in [7, 11) is 0. The van der Waals surface area contributed by atoms with Gasteiger partial charge in [-0.15, -0.1) is 12.4 Å². The van der Waals surface area contributed by atoms with E-state index < -0.39 is 6.04 Å². The minimum Gasteiger partial charge on any atom is -0.341 e. The molecular weight excluding hydrogens is 330 g/mol. The van der Waals surface area contributed by atoms with Gasteiger partial charge in [-0.05, 0) is 31.9 Å². The molecule has 1 aromatic carbocycles. The number of nitrogens with one attached hydrogen (secondary N) is 2. The van der Waals surface area contributed by atoms with Gasteiger partial charge in [0.05, 0.1) is 5.52 Å². The minimum absolute atomic E-state index is 0. The van der Waals surface area contributed by atoms with Gasteiger partial charge in [0.2, 0.25) is 5.91 Å². The first-order valence-corrected chi connectivity index (χ1v) is 7.83. The average molecular weight is 352 g/mol. The number of nitrogens with zero attached hydrogens (tertiary/aromatic N) is 2. The predicted molar refractivity (Wildman–Crippen MR) is 94.0 cm³/mol. The summed E-state index contributed by atoms with van der Waals surface area (Å²) in [6, 6.07) is 6.81. The quantitative estimate of drug-likeness (QED) is 0.761. The Morgan fingerprint density at radius 3 is 2.92 bits per heavy atom. The molecule has 7 nitrogen and oxygen atoms in total. The maximum absolute atomic E-state index is 12.4. The van der Waals surface area contributed by atoms with Crippen LogP contribution in [-0.2, 0) is 4.79 Å². The molecule has 1 aliphatic rings. The number of aromatic nitrogens is 2. The summed E-state index contributed by atoms with van der Waals surface area (Å²) in [6.45, 7) is 3.65. The fourth-order valence-electron chi connectivity index (χ4n) is 2.96. The third-order valence-electron chi connectivity index (χ3n) is 4.33. The van der Waals surface area contributed by atoms with Crippen LogP contribution < -0.4 is 11.1 Å². The highest BCUT2D eigenvalue weighted by Gasteiger charge is 2.29. The number of nitrogens with two attached hydrogens (primary N) is 1. The Morgan fingerprint density at radius 1 is 1.46 bits per heavy atom. The lowest BCUT2D eigenvalue weighted by Crippen LogP contribution is -2.46. The number of aromatic amines is 1. The molecule has 2 unspecified atom stereocenters. The van der Waals surface area contributed by atoms with Gasteiger partial charge in [-0.1, -0.05) is 18.2 Å². The Labute approximate surface area is 146 Å². The van der Waals surface area contributed by atoms with Gasteiger partial charge in [-0.2, -0.15) is 5.10 Å². The summed E-state index contributed by atoms with van der Waals surface area (Å²) >= 11 is 0. The first-order valence-electron chi connectivity index (χ1n) is 7.83. The van der Waals surface area contributed by atoms with Crippen LogP contribution in [0.3, 0.4) is 0 Å². The second kappa shape index (κ2) is 7.63. The Hall–Kier alpha value is -2.12. The number of carbonyl (C=O) groups is 2. The summed E-state index contributed by atoms with van der Waals surface area (Å²) in [6.07, 6.45) is 0.924. The van der Waals surface area contributed by atoms with Crippen molar-refractivity contribution >= 4 is 35.1 Å². The first kappa shape index (κ1) is 18.2. The fourth-order valence-corrected chi connectivity index (χ4v) is 2.96. The van der Waals surface area contributed by atoms with Crippen molar-refractivity contribution < 1.29 is 9.59 Å². The van der Waals surface area contributed by atoms with Crippen LogP contribution in [0.1, 0.15) is 23.8 Å². The van der Waals surface area contributed by atoms with E-state index >= 15 is 0 Å². The van der Waals surface area contributed by atoms with Crippen molar-refractivity contribution in [3.05, 3.63) is 30.0 Å². The molecule has 4 N–H and O–H groups in total. The van der Waals surface area contributed by atoms with Crippen molar-refractivity contribution in [3.63, 3.8) is 0 Å². The molecule has 2 aromatic rings. The van der Waals surface area contributed by atoms with Crippen LogP contribution in [0, 0.1) is 5.92 Å². The molecule has 1 saturated heterocycles. The number of halogens is 1. The highest BCUT2D eigenvalue weighted by molar-refractivity contribution is 6.05. The van der Waals surface area contributed by atoms with Gasteiger partial charge >= 0.3 is 0 Å². The SMILES string of the molecule is CC(NC(=O)c1n[nH]c2ccccc12)C(=O)N1CCC(CN)C1.Cl. The van der Waals surface area contributed by atoms with Gasteiger partial charge in [-0.3, -0.25) is 14.7 Å². The van der Waals surface area contributed by atoms with Gasteiger partial charge < -0.3 is 16.0 Å². The Morgan fingerprint density at radius 2 is 2.21 bits per heavy atom. The normalized spacial score (nSPS) is 18.2. The number of fused-ring (bicyclic) bond motifs is 1. The number of benzene rings is 1. The van der Waals surface area contributed by atoms with E-state index in [9.17, 15) is 9.59 Å².